The molecule has 1 atom stereocenters. The Morgan fingerprint density at radius 1 is 1.24 bits per heavy atom. The number of imide groups is 1. The lowest BCUT2D eigenvalue weighted by Gasteiger charge is -2.09. The molecule has 2 aromatic rings. The third-order valence-electron chi connectivity index (χ3n) is 3.45. The highest BCUT2D eigenvalue weighted by molar-refractivity contribution is 6.35. The van der Waals surface area contributed by atoms with Crippen molar-refractivity contribution >= 4 is 28.3 Å². The van der Waals surface area contributed by atoms with Gasteiger partial charge in [-0.25, -0.2) is 0 Å². The third kappa shape index (κ3) is 2.35. The van der Waals surface area contributed by atoms with E-state index in [0.717, 1.165) is 10.9 Å². The molecule has 1 aliphatic heterocycles. The van der Waals surface area contributed by atoms with Gasteiger partial charge in [0.2, 0.25) is 0 Å². The summed E-state index contributed by atoms with van der Waals surface area (Å²) in [6, 6.07) is 7.40. The monoisotopic (exact) mass is 286 g/mol. The molecule has 0 aliphatic carbocycles. The van der Waals surface area contributed by atoms with Gasteiger partial charge in [0.15, 0.2) is 0 Å². The molecule has 0 spiro atoms. The van der Waals surface area contributed by atoms with E-state index >= 15 is 0 Å². The Hall–Kier alpha value is -2.44. The second kappa shape index (κ2) is 5.16. The highest BCUT2D eigenvalue weighted by atomic mass is 16.3. The van der Waals surface area contributed by atoms with Gasteiger partial charge in [0.25, 0.3) is 11.8 Å². The Kier molecular flexibility index (Phi) is 3.32. The number of carbonyl (C=O) groups is 2. The largest absolute Gasteiger partial charge is 0.394 e. The summed E-state index contributed by atoms with van der Waals surface area (Å²) in [6.45, 7) is -0.136. The zero-order chi connectivity index (χ0) is 15.0. The van der Waals surface area contributed by atoms with Crippen molar-refractivity contribution in [1.29, 1.82) is 0 Å². The predicted molar refractivity (Wildman–Crippen MR) is 76.2 cm³/mol. The SMILES string of the molecule is O=C1C=C(c2cn(CC(O)CO)c3ccccc23)C(=O)N1. The number of benzene rings is 1. The van der Waals surface area contributed by atoms with Gasteiger partial charge < -0.3 is 14.8 Å². The fraction of sp³-hybridized carbons (Fsp3) is 0.200. The van der Waals surface area contributed by atoms with Gasteiger partial charge in [-0.3, -0.25) is 14.9 Å². The Bertz CT molecular complexity index is 760. The molecule has 0 bridgehead atoms. The molecule has 1 unspecified atom stereocenters. The molecule has 6 nitrogen and oxygen atoms in total. The molecule has 1 aliphatic rings. The molecule has 2 heterocycles. The Balaban J connectivity index is 2.14. The van der Waals surface area contributed by atoms with Gasteiger partial charge in [-0.1, -0.05) is 18.2 Å². The van der Waals surface area contributed by atoms with Crippen LogP contribution in [0.25, 0.3) is 16.5 Å². The van der Waals surface area contributed by atoms with E-state index in [1.165, 1.54) is 6.08 Å². The van der Waals surface area contributed by atoms with Gasteiger partial charge in [-0.05, 0) is 6.07 Å². The van der Waals surface area contributed by atoms with Crippen LogP contribution in [0.1, 0.15) is 5.56 Å². The zero-order valence-corrected chi connectivity index (χ0v) is 11.1. The van der Waals surface area contributed by atoms with E-state index in [4.69, 9.17) is 5.11 Å². The minimum absolute atomic E-state index is 0.208. The fourth-order valence-electron chi connectivity index (χ4n) is 2.51. The first kappa shape index (κ1) is 13.5. The topological polar surface area (TPSA) is 91.6 Å². The number of aliphatic hydroxyl groups excluding tert-OH is 2. The van der Waals surface area contributed by atoms with Crippen LogP contribution in [0.3, 0.4) is 0 Å². The molecule has 6 heteroatoms. The van der Waals surface area contributed by atoms with Crippen LogP contribution in [-0.2, 0) is 16.1 Å². The number of para-hydroxylation sites is 1. The lowest BCUT2D eigenvalue weighted by Crippen LogP contribution is -2.21. The molecule has 0 saturated carbocycles. The number of nitrogens with zero attached hydrogens (tertiary/aromatic N) is 1. The predicted octanol–water partition coefficient (Wildman–Crippen LogP) is 0.0343. The van der Waals surface area contributed by atoms with Crippen molar-refractivity contribution in [3.05, 3.63) is 42.1 Å². The average molecular weight is 286 g/mol. The summed E-state index contributed by atoms with van der Waals surface area (Å²) < 4.78 is 1.77. The van der Waals surface area contributed by atoms with Crippen LogP contribution in [-0.4, -0.2) is 39.3 Å². The Morgan fingerprint density at radius 3 is 2.67 bits per heavy atom. The van der Waals surface area contributed by atoms with Gasteiger partial charge in [0, 0.05) is 28.7 Å². The molecule has 2 amide bonds. The van der Waals surface area contributed by atoms with Crippen LogP contribution < -0.4 is 5.32 Å². The number of hydrogen-bond donors (Lipinski definition) is 3. The minimum atomic E-state index is -0.887. The van der Waals surface area contributed by atoms with Crippen LogP contribution in [0, 0.1) is 0 Å². The molecule has 1 aromatic heterocycles. The number of rotatable bonds is 4. The van der Waals surface area contributed by atoms with Gasteiger partial charge in [-0.2, -0.15) is 0 Å². The summed E-state index contributed by atoms with van der Waals surface area (Å²) in [7, 11) is 0. The highest BCUT2D eigenvalue weighted by Crippen LogP contribution is 2.29. The molecule has 0 saturated heterocycles. The van der Waals surface area contributed by atoms with Crippen molar-refractivity contribution in [1.82, 2.24) is 9.88 Å². The number of nitrogens with one attached hydrogen (secondary N) is 1. The molecule has 3 rings (SSSR count). The Labute approximate surface area is 120 Å². The van der Waals surface area contributed by atoms with Crippen molar-refractivity contribution in [2.24, 2.45) is 0 Å². The number of amides is 2. The third-order valence-corrected chi connectivity index (χ3v) is 3.45. The van der Waals surface area contributed by atoms with Crippen molar-refractivity contribution in [2.75, 3.05) is 6.61 Å². The van der Waals surface area contributed by atoms with E-state index in [9.17, 15) is 14.7 Å². The highest BCUT2D eigenvalue weighted by Gasteiger charge is 2.25. The molecular weight excluding hydrogens is 272 g/mol. The van der Waals surface area contributed by atoms with E-state index in [1.807, 2.05) is 24.3 Å². The molecule has 1 aromatic carbocycles. The van der Waals surface area contributed by atoms with E-state index in [1.54, 1.807) is 10.8 Å². The summed E-state index contributed by atoms with van der Waals surface area (Å²) in [5, 5.41) is 21.6. The molecule has 108 valence electrons. The second-order valence-corrected chi connectivity index (χ2v) is 4.93. The molecule has 3 N–H and O–H groups in total. The maximum atomic E-state index is 11.8. The zero-order valence-electron chi connectivity index (χ0n) is 11.1. The minimum Gasteiger partial charge on any atom is -0.394 e. The first-order chi connectivity index (χ1) is 10.1. The summed E-state index contributed by atoms with van der Waals surface area (Å²) >= 11 is 0. The first-order valence-electron chi connectivity index (χ1n) is 6.54. The maximum absolute atomic E-state index is 11.8. The second-order valence-electron chi connectivity index (χ2n) is 4.93. The normalized spacial score (nSPS) is 16.2. The van der Waals surface area contributed by atoms with Gasteiger partial charge in [0.05, 0.1) is 24.8 Å². The van der Waals surface area contributed by atoms with Gasteiger partial charge in [-0.15, -0.1) is 0 Å². The lowest BCUT2D eigenvalue weighted by molar-refractivity contribution is -0.123. The average Bonchev–Trinajstić information content (AvgIpc) is 2.99. The summed E-state index contributed by atoms with van der Waals surface area (Å²) in [4.78, 5) is 23.1. The lowest BCUT2D eigenvalue weighted by atomic mass is 10.1. The van der Waals surface area contributed by atoms with Gasteiger partial charge >= 0.3 is 0 Å². The van der Waals surface area contributed by atoms with E-state index in [-0.39, 0.29) is 13.2 Å². The van der Waals surface area contributed by atoms with Crippen molar-refractivity contribution < 1.29 is 19.8 Å². The molecule has 0 fully saturated rings. The van der Waals surface area contributed by atoms with E-state index in [2.05, 4.69) is 5.32 Å². The smallest absolute Gasteiger partial charge is 0.258 e. The van der Waals surface area contributed by atoms with Crippen LogP contribution in [0.15, 0.2) is 36.5 Å². The maximum Gasteiger partial charge on any atom is 0.258 e. The fourth-order valence-corrected chi connectivity index (χ4v) is 2.51. The number of hydrogen-bond acceptors (Lipinski definition) is 4. The number of fused-ring (bicyclic) bond motifs is 1. The van der Waals surface area contributed by atoms with Crippen LogP contribution in [0.4, 0.5) is 0 Å². The summed E-state index contributed by atoms with van der Waals surface area (Å²) in [5.74, 6) is -0.854. The molecular formula is C15H14N2O4. The number of aliphatic hydroxyl groups is 2. The van der Waals surface area contributed by atoms with Crippen molar-refractivity contribution in [3.8, 4) is 0 Å². The van der Waals surface area contributed by atoms with Crippen molar-refractivity contribution in [3.63, 3.8) is 0 Å². The van der Waals surface area contributed by atoms with Crippen LogP contribution in [0.2, 0.25) is 0 Å². The standard InChI is InChI=1S/C15H14N2O4/c18-8-9(19)6-17-7-12(10-3-1-2-4-13(10)17)11-5-14(20)16-15(11)21/h1-5,7,9,18-19H,6,8H2,(H,16,20,21). The van der Waals surface area contributed by atoms with Gasteiger partial charge in [0.1, 0.15) is 0 Å². The summed E-state index contributed by atoms with van der Waals surface area (Å²) in [6.07, 6.45) is 2.10. The van der Waals surface area contributed by atoms with Crippen molar-refractivity contribution in [2.45, 2.75) is 12.6 Å². The summed E-state index contributed by atoms with van der Waals surface area (Å²) in [5.41, 5.74) is 1.78. The molecule has 0 radical (unpaired) electrons. The van der Waals surface area contributed by atoms with Crippen LogP contribution in [0.5, 0.6) is 0 Å². The van der Waals surface area contributed by atoms with E-state index < -0.39 is 17.9 Å². The number of aromatic nitrogens is 1. The first-order valence-corrected chi connectivity index (χ1v) is 6.54. The van der Waals surface area contributed by atoms with Crippen LogP contribution >= 0.6 is 0 Å². The molecule has 21 heavy (non-hydrogen) atoms. The van der Waals surface area contributed by atoms with E-state index in [0.29, 0.717) is 11.1 Å². The quantitative estimate of drug-likeness (QED) is 0.692. The Morgan fingerprint density at radius 2 is 2.00 bits per heavy atom. The number of carbonyl (C=O) groups excluding carboxylic acids is 2.